The lowest BCUT2D eigenvalue weighted by Gasteiger charge is -2.49. The third kappa shape index (κ3) is 4.75. The molecule has 2 heterocycles. The molecule has 1 saturated heterocycles. The van der Waals surface area contributed by atoms with Crippen LogP contribution in [0.1, 0.15) is 52.1 Å². The van der Waals surface area contributed by atoms with Gasteiger partial charge in [-0.2, -0.15) is 10.2 Å². The van der Waals surface area contributed by atoms with Crippen LogP contribution in [0.2, 0.25) is 0 Å². The van der Waals surface area contributed by atoms with Crippen LogP contribution < -0.4 is 15.5 Å². The van der Waals surface area contributed by atoms with Gasteiger partial charge in [-0.25, -0.2) is 4.98 Å². The molecule has 2 aliphatic rings. The molecule has 31 heavy (non-hydrogen) atoms. The minimum atomic E-state index is -0.337. The molecule has 0 unspecified atom stereocenters. The first-order valence-electron chi connectivity index (χ1n) is 11.3. The minimum Gasteiger partial charge on any atom is -0.392 e. The number of nitrogens with one attached hydrogen (secondary N) is 2. The molecule has 166 valence electrons. The Balaban J connectivity index is 0.00000289. The maximum absolute atomic E-state index is 9.97. The van der Waals surface area contributed by atoms with Crippen LogP contribution >= 0.6 is 0 Å². The van der Waals surface area contributed by atoms with Gasteiger partial charge in [0.1, 0.15) is 17.5 Å². The molecule has 2 atom stereocenters. The number of aliphatic hydroxyl groups excluding tert-OH is 1. The fourth-order valence-electron chi connectivity index (χ4n) is 4.32. The summed E-state index contributed by atoms with van der Waals surface area (Å²) < 4.78 is 0. The van der Waals surface area contributed by atoms with E-state index in [0.29, 0.717) is 30.3 Å². The van der Waals surface area contributed by atoms with Gasteiger partial charge >= 0.3 is 0 Å². The van der Waals surface area contributed by atoms with E-state index in [-0.39, 0.29) is 19.0 Å². The Morgan fingerprint density at radius 1 is 1.23 bits per heavy atom. The highest BCUT2D eigenvalue weighted by atomic mass is 16.3. The average Bonchev–Trinajstić information content (AvgIpc) is 2.80. The molecule has 0 bridgehead atoms. The Kier molecular flexibility index (Phi) is 6.28. The molecule has 3 N–H and O–H groups in total. The minimum absolute atomic E-state index is 0. The van der Waals surface area contributed by atoms with Gasteiger partial charge < -0.3 is 20.6 Å². The van der Waals surface area contributed by atoms with Crippen molar-refractivity contribution in [2.24, 2.45) is 5.41 Å². The molecule has 1 aliphatic carbocycles. The van der Waals surface area contributed by atoms with E-state index < -0.39 is 0 Å². The van der Waals surface area contributed by atoms with Crippen molar-refractivity contribution in [3.8, 4) is 6.07 Å². The highest BCUT2D eigenvalue weighted by Gasteiger charge is 2.47. The molecule has 1 aromatic carbocycles. The molecule has 1 aliphatic heterocycles. The summed E-state index contributed by atoms with van der Waals surface area (Å²) in [6.45, 7) is 7.06. The van der Waals surface area contributed by atoms with Gasteiger partial charge in [0.2, 0.25) is 5.95 Å². The van der Waals surface area contributed by atoms with E-state index in [2.05, 4.69) is 55.8 Å². The topological polar surface area (TPSA) is 97.1 Å². The Labute approximate surface area is 186 Å². The first-order valence-corrected chi connectivity index (χ1v) is 11.3. The average molecular weight is 423 g/mol. The maximum Gasteiger partial charge on any atom is 0.224 e. The lowest BCUT2D eigenvalue weighted by molar-refractivity contribution is -0.0511. The van der Waals surface area contributed by atoms with E-state index in [0.717, 1.165) is 19.5 Å². The molecule has 1 aromatic heterocycles. The molecule has 1 saturated carbocycles. The molecular weight excluding hydrogens is 388 g/mol. The third-order valence-corrected chi connectivity index (χ3v) is 6.79. The number of nitrogens with zero attached hydrogens (tertiary/aromatic N) is 4. The van der Waals surface area contributed by atoms with Crippen LogP contribution in [0.25, 0.3) is 0 Å². The molecule has 2 aromatic rings. The van der Waals surface area contributed by atoms with Gasteiger partial charge in [0.15, 0.2) is 0 Å². The van der Waals surface area contributed by atoms with Gasteiger partial charge in [0.25, 0.3) is 0 Å². The highest BCUT2D eigenvalue weighted by Crippen LogP contribution is 2.42. The zero-order valence-corrected chi connectivity index (χ0v) is 18.4. The number of piperidine rings is 1. The van der Waals surface area contributed by atoms with Crippen molar-refractivity contribution < 1.29 is 6.53 Å². The Morgan fingerprint density at radius 2 is 1.97 bits per heavy atom. The van der Waals surface area contributed by atoms with Gasteiger partial charge in [-0.15, -0.1) is 0 Å². The molecule has 0 spiro atoms. The number of nitriles is 1. The summed E-state index contributed by atoms with van der Waals surface area (Å²) in [4.78, 5) is 11.3. The van der Waals surface area contributed by atoms with Crippen LogP contribution in [0, 0.1) is 16.7 Å². The van der Waals surface area contributed by atoms with Crippen molar-refractivity contribution in [2.45, 2.75) is 58.1 Å². The Morgan fingerprint density at radius 3 is 2.61 bits per heavy atom. The standard InChI is InChI=1S/C24H32N6O.H2/c1-24(2)20(14-21(24)31)28-22-18(15-25)16-27-23(29-22)26-11-10-17-6-8-19(9-7-17)30-12-4-3-5-13-30;/h6-9,16,20-21,31H,3-5,10-14H2,1-2H3,(H2,26,27,28,29);1H/t20-,21+;/m1./s1. The van der Waals surface area contributed by atoms with Crippen molar-refractivity contribution >= 4 is 17.5 Å². The van der Waals surface area contributed by atoms with Crippen molar-refractivity contribution in [1.82, 2.24) is 9.97 Å². The van der Waals surface area contributed by atoms with Crippen LogP contribution in [0.5, 0.6) is 0 Å². The molecule has 2 fully saturated rings. The number of benzene rings is 1. The second-order valence-corrected chi connectivity index (χ2v) is 9.23. The number of aliphatic hydroxyl groups is 1. The third-order valence-electron chi connectivity index (χ3n) is 6.79. The summed E-state index contributed by atoms with van der Waals surface area (Å²) in [6.07, 6.45) is 6.64. The largest absolute Gasteiger partial charge is 0.392 e. The predicted molar refractivity (Wildman–Crippen MR) is 125 cm³/mol. The number of hydrogen-bond donors (Lipinski definition) is 3. The number of aromatic nitrogens is 2. The molecular formula is C24H34N6O. The molecule has 7 nitrogen and oxygen atoms in total. The number of anilines is 3. The Hall–Kier alpha value is -2.85. The summed E-state index contributed by atoms with van der Waals surface area (Å²) in [5.41, 5.74) is 2.75. The molecule has 0 radical (unpaired) electrons. The number of rotatable bonds is 7. The highest BCUT2D eigenvalue weighted by molar-refractivity contribution is 5.54. The normalized spacial score (nSPS) is 22.3. The van der Waals surface area contributed by atoms with Crippen LogP contribution in [0.3, 0.4) is 0 Å². The first kappa shape index (κ1) is 21.4. The zero-order chi connectivity index (χ0) is 21.8. The smallest absolute Gasteiger partial charge is 0.224 e. The van der Waals surface area contributed by atoms with Crippen LogP contribution in [0.15, 0.2) is 30.5 Å². The second-order valence-electron chi connectivity index (χ2n) is 9.23. The molecule has 4 rings (SSSR count). The summed E-state index contributed by atoms with van der Waals surface area (Å²) in [6, 6.07) is 11.1. The second kappa shape index (κ2) is 9.11. The van der Waals surface area contributed by atoms with E-state index in [1.165, 1.54) is 30.5 Å². The SMILES string of the molecule is CC1(C)[C@@H](O)C[C@H]1Nc1nc(NCCc2ccc(N3CCCCC3)cc2)ncc1C#N.[HH]. The zero-order valence-electron chi connectivity index (χ0n) is 18.4. The quantitative estimate of drug-likeness (QED) is 0.624. The summed E-state index contributed by atoms with van der Waals surface area (Å²) in [5.74, 6) is 1.03. The van der Waals surface area contributed by atoms with E-state index in [1.54, 1.807) is 6.20 Å². The predicted octanol–water partition coefficient (Wildman–Crippen LogP) is 3.81. The van der Waals surface area contributed by atoms with Gasteiger partial charge in [0, 0.05) is 38.2 Å². The van der Waals surface area contributed by atoms with E-state index in [9.17, 15) is 10.4 Å². The lowest BCUT2D eigenvalue weighted by Crippen LogP contribution is -2.57. The first-order chi connectivity index (χ1) is 15.0. The number of hydrogen-bond acceptors (Lipinski definition) is 7. The maximum atomic E-state index is 9.97. The van der Waals surface area contributed by atoms with Crippen LogP contribution in [-0.4, -0.2) is 46.9 Å². The van der Waals surface area contributed by atoms with Crippen LogP contribution in [0.4, 0.5) is 17.5 Å². The van der Waals surface area contributed by atoms with Gasteiger partial charge in [-0.05, 0) is 49.8 Å². The van der Waals surface area contributed by atoms with E-state index >= 15 is 0 Å². The fourth-order valence-corrected chi connectivity index (χ4v) is 4.32. The van der Waals surface area contributed by atoms with Gasteiger partial charge in [-0.1, -0.05) is 26.0 Å². The Bertz CT molecular complexity index is 936. The molecule has 0 amide bonds. The van der Waals surface area contributed by atoms with Crippen molar-refractivity contribution in [3.63, 3.8) is 0 Å². The van der Waals surface area contributed by atoms with Gasteiger partial charge in [-0.3, -0.25) is 0 Å². The van der Waals surface area contributed by atoms with Crippen molar-refractivity contribution in [2.75, 3.05) is 35.2 Å². The van der Waals surface area contributed by atoms with Crippen molar-refractivity contribution in [1.29, 1.82) is 5.26 Å². The van der Waals surface area contributed by atoms with Gasteiger partial charge in [0.05, 0.1) is 12.3 Å². The fraction of sp³-hybridized carbons (Fsp3) is 0.542. The summed E-state index contributed by atoms with van der Waals surface area (Å²) in [7, 11) is 0. The summed E-state index contributed by atoms with van der Waals surface area (Å²) in [5, 5.41) is 26.0. The lowest BCUT2D eigenvalue weighted by atomic mass is 9.64. The van der Waals surface area contributed by atoms with Crippen LogP contribution in [-0.2, 0) is 6.42 Å². The van der Waals surface area contributed by atoms with E-state index in [4.69, 9.17) is 0 Å². The molecule has 7 heteroatoms. The van der Waals surface area contributed by atoms with E-state index in [1.807, 2.05) is 13.8 Å². The monoisotopic (exact) mass is 422 g/mol. The summed E-state index contributed by atoms with van der Waals surface area (Å²) >= 11 is 0. The van der Waals surface area contributed by atoms with Crippen molar-refractivity contribution in [3.05, 3.63) is 41.6 Å².